The van der Waals surface area contributed by atoms with Crippen LogP contribution < -0.4 is 11.1 Å². The van der Waals surface area contributed by atoms with Gasteiger partial charge in [-0.1, -0.05) is 18.1 Å². The van der Waals surface area contributed by atoms with Gasteiger partial charge in [-0.15, -0.1) is 0 Å². The fourth-order valence-electron chi connectivity index (χ4n) is 1.56. The molecule has 0 aromatic heterocycles. The van der Waals surface area contributed by atoms with Crippen molar-refractivity contribution in [3.8, 4) is 0 Å². The van der Waals surface area contributed by atoms with Gasteiger partial charge >= 0.3 is 0 Å². The normalized spacial score (nSPS) is 14.8. The highest BCUT2D eigenvalue weighted by molar-refractivity contribution is 6.11. The number of hydrogen-bond donors (Lipinski definition) is 3. The van der Waals surface area contributed by atoms with Crippen molar-refractivity contribution in [2.24, 2.45) is 16.3 Å². The van der Waals surface area contributed by atoms with E-state index in [0.29, 0.717) is 6.42 Å². The van der Waals surface area contributed by atoms with E-state index in [1.807, 2.05) is 0 Å². The number of amidine groups is 1. The van der Waals surface area contributed by atoms with Gasteiger partial charge in [0.1, 0.15) is 11.2 Å². The average Bonchev–Trinajstić information content (AvgIpc) is 2.40. The number of nitrogens with two attached hydrogens (primary N) is 1. The second-order valence-corrected chi connectivity index (χ2v) is 4.61. The highest BCUT2D eigenvalue weighted by Gasteiger charge is 2.36. The summed E-state index contributed by atoms with van der Waals surface area (Å²) in [4.78, 5) is 12.2. The van der Waals surface area contributed by atoms with Crippen LogP contribution in [0.25, 0.3) is 0 Å². The first-order chi connectivity index (χ1) is 8.85. The molecule has 0 aliphatic rings. The van der Waals surface area contributed by atoms with Gasteiger partial charge < -0.3 is 16.3 Å². The molecule has 1 unspecified atom stereocenters. The molecule has 1 aromatic rings. The van der Waals surface area contributed by atoms with E-state index in [1.165, 1.54) is 19.1 Å². The van der Waals surface area contributed by atoms with E-state index in [2.05, 4.69) is 10.5 Å². The third kappa shape index (κ3) is 3.01. The molecule has 4 N–H and O–H groups in total. The molecule has 19 heavy (non-hydrogen) atoms. The number of benzene rings is 1. The lowest BCUT2D eigenvalue weighted by Gasteiger charge is -2.25. The number of amides is 1. The van der Waals surface area contributed by atoms with Crippen LogP contribution >= 0.6 is 0 Å². The van der Waals surface area contributed by atoms with E-state index >= 15 is 0 Å². The standard InChI is InChI=1S/C13H18FN3O2/c1-4-13(3,11(15)17-19)12(18)16-10-7-8(2)5-6-9(10)14/h5-7,19H,4H2,1-3H3,(H2,15,17)(H,16,18). The van der Waals surface area contributed by atoms with Crippen molar-refractivity contribution < 1.29 is 14.4 Å². The van der Waals surface area contributed by atoms with Crippen molar-refractivity contribution >= 4 is 17.4 Å². The van der Waals surface area contributed by atoms with Crippen LogP contribution in [-0.2, 0) is 4.79 Å². The lowest BCUT2D eigenvalue weighted by atomic mass is 9.85. The molecular formula is C13H18FN3O2. The zero-order chi connectivity index (χ0) is 14.6. The summed E-state index contributed by atoms with van der Waals surface area (Å²) in [5.41, 5.74) is 5.24. The molecule has 1 atom stereocenters. The summed E-state index contributed by atoms with van der Waals surface area (Å²) in [6.07, 6.45) is 0.322. The lowest BCUT2D eigenvalue weighted by molar-refractivity contribution is -0.121. The van der Waals surface area contributed by atoms with Crippen molar-refractivity contribution in [2.75, 3.05) is 5.32 Å². The Labute approximate surface area is 111 Å². The predicted molar refractivity (Wildman–Crippen MR) is 71.6 cm³/mol. The second kappa shape index (κ2) is 5.69. The maximum atomic E-state index is 13.6. The third-order valence-corrected chi connectivity index (χ3v) is 3.25. The maximum absolute atomic E-state index is 13.6. The molecule has 0 aliphatic carbocycles. The third-order valence-electron chi connectivity index (χ3n) is 3.25. The molecule has 1 rings (SSSR count). The van der Waals surface area contributed by atoms with Gasteiger partial charge in [-0.2, -0.15) is 0 Å². The molecule has 0 spiro atoms. The number of carbonyl (C=O) groups is 1. The average molecular weight is 267 g/mol. The second-order valence-electron chi connectivity index (χ2n) is 4.61. The number of anilines is 1. The van der Waals surface area contributed by atoms with Crippen molar-refractivity contribution in [3.63, 3.8) is 0 Å². The van der Waals surface area contributed by atoms with Crippen LogP contribution in [-0.4, -0.2) is 17.0 Å². The van der Waals surface area contributed by atoms with Crippen LogP contribution in [0.15, 0.2) is 23.4 Å². The SMILES string of the molecule is CCC(C)(C(=O)Nc1cc(C)ccc1F)/C(N)=N/O. The number of oxime groups is 1. The van der Waals surface area contributed by atoms with Gasteiger partial charge in [0, 0.05) is 0 Å². The Balaban J connectivity index is 3.04. The summed E-state index contributed by atoms with van der Waals surface area (Å²) >= 11 is 0. The van der Waals surface area contributed by atoms with Crippen LogP contribution in [0, 0.1) is 18.2 Å². The van der Waals surface area contributed by atoms with E-state index in [4.69, 9.17) is 10.9 Å². The van der Waals surface area contributed by atoms with Crippen molar-refractivity contribution in [1.82, 2.24) is 0 Å². The van der Waals surface area contributed by atoms with Gasteiger partial charge in [-0.3, -0.25) is 4.79 Å². The molecule has 0 saturated heterocycles. The van der Waals surface area contributed by atoms with E-state index in [-0.39, 0.29) is 11.5 Å². The summed E-state index contributed by atoms with van der Waals surface area (Å²) in [6, 6.07) is 4.40. The quantitative estimate of drug-likeness (QED) is 0.338. The monoisotopic (exact) mass is 267 g/mol. The summed E-state index contributed by atoms with van der Waals surface area (Å²) in [7, 11) is 0. The highest BCUT2D eigenvalue weighted by Crippen LogP contribution is 2.25. The van der Waals surface area contributed by atoms with Crippen LogP contribution in [0.5, 0.6) is 0 Å². The van der Waals surface area contributed by atoms with E-state index < -0.39 is 17.1 Å². The van der Waals surface area contributed by atoms with E-state index in [9.17, 15) is 9.18 Å². The molecule has 1 aromatic carbocycles. The largest absolute Gasteiger partial charge is 0.409 e. The molecule has 6 heteroatoms. The number of halogens is 1. The van der Waals surface area contributed by atoms with Gasteiger partial charge in [-0.05, 0) is 38.0 Å². The van der Waals surface area contributed by atoms with Gasteiger partial charge in [0.15, 0.2) is 5.84 Å². The van der Waals surface area contributed by atoms with Crippen LogP contribution in [0.1, 0.15) is 25.8 Å². The Bertz CT molecular complexity index is 517. The summed E-state index contributed by atoms with van der Waals surface area (Å²) in [5, 5.41) is 14.1. The van der Waals surface area contributed by atoms with Crippen LogP contribution in [0.4, 0.5) is 10.1 Å². The van der Waals surface area contributed by atoms with Gasteiger partial charge in [0.2, 0.25) is 5.91 Å². The fraction of sp³-hybridized carbons (Fsp3) is 0.385. The highest BCUT2D eigenvalue weighted by atomic mass is 19.1. The summed E-state index contributed by atoms with van der Waals surface area (Å²) in [6.45, 7) is 5.05. The Morgan fingerprint density at radius 1 is 1.58 bits per heavy atom. The van der Waals surface area contributed by atoms with Crippen LogP contribution in [0.2, 0.25) is 0 Å². The van der Waals surface area contributed by atoms with Gasteiger partial charge in [0.25, 0.3) is 0 Å². The minimum Gasteiger partial charge on any atom is -0.409 e. The predicted octanol–water partition coefficient (Wildman–Crippen LogP) is 2.24. The number of nitrogens with zero attached hydrogens (tertiary/aromatic N) is 1. The number of rotatable bonds is 4. The first-order valence-corrected chi connectivity index (χ1v) is 5.90. The Morgan fingerprint density at radius 3 is 2.74 bits per heavy atom. The Kier molecular flexibility index (Phi) is 4.47. The van der Waals surface area contributed by atoms with E-state index in [0.717, 1.165) is 5.56 Å². The first-order valence-electron chi connectivity index (χ1n) is 5.90. The minimum absolute atomic E-state index is 0.0791. The maximum Gasteiger partial charge on any atom is 0.238 e. The molecule has 0 radical (unpaired) electrons. The van der Waals surface area contributed by atoms with Gasteiger partial charge in [-0.25, -0.2) is 4.39 Å². The molecule has 1 amide bonds. The molecule has 104 valence electrons. The lowest BCUT2D eigenvalue weighted by Crippen LogP contribution is -2.44. The molecule has 5 nitrogen and oxygen atoms in total. The molecule has 0 fully saturated rings. The molecule has 0 saturated carbocycles. The molecule has 0 aliphatic heterocycles. The Morgan fingerprint density at radius 2 is 2.21 bits per heavy atom. The number of carbonyl (C=O) groups excluding carboxylic acids is 1. The fourth-order valence-corrected chi connectivity index (χ4v) is 1.56. The molecular weight excluding hydrogens is 249 g/mol. The van der Waals surface area contributed by atoms with Crippen molar-refractivity contribution in [2.45, 2.75) is 27.2 Å². The first kappa shape index (κ1) is 14.9. The smallest absolute Gasteiger partial charge is 0.238 e. The molecule has 0 heterocycles. The number of aryl methyl sites for hydroxylation is 1. The molecule has 0 bridgehead atoms. The minimum atomic E-state index is -1.19. The van der Waals surface area contributed by atoms with Crippen LogP contribution in [0.3, 0.4) is 0 Å². The van der Waals surface area contributed by atoms with Crippen molar-refractivity contribution in [1.29, 1.82) is 0 Å². The number of hydrogen-bond acceptors (Lipinski definition) is 3. The van der Waals surface area contributed by atoms with Crippen molar-refractivity contribution in [3.05, 3.63) is 29.6 Å². The Hall–Kier alpha value is -2.11. The topological polar surface area (TPSA) is 87.7 Å². The zero-order valence-electron chi connectivity index (χ0n) is 11.2. The number of nitrogens with one attached hydrogen (secondary N) is 1. The van der Waals surface area contributed by atoms with Gasteiger partial charge in [0.05, 0.1) is 5.69 Å². The summed E-state index contributed by atoms with van der Waals surface area (Å²) < 4.78 is 13.6. The van der Waals surface area contributed by atoms with E-state index in [1.54, 1.807) is 19.9 Å². The summed E-state index contributed by atoms with van der Waals surface area (Å²) in [5.74, 6) is -1.26. The zero-order valence-corrected chi connectivity index (χ0v) is 11.2.